The molecule has 0 fully saturated rings. The molecule has 0 spiro atoms. The molecule has 2 heteroatoms. The second kappa shape index (κ2) is 4.44. The van der Waals surface area contributed by atoms with E-state index in [1.54, 1.807) is 12.3 Å². The van der Waals surface area contributed by atoms with Gasteiger partial charge in [-0.05, 0) is 35.1 Å². The van der Waals surface area contributed by atoms with Crippen molar-refractivity contribution in [1.29, 1.82) is 0 Å². The molecule has 0 N–H and O–H groups in total. The molecule has 0 amide bonds. The van der Waals surface area contributed by atoms with Gasteiger partial charge in [-0.3, -0.25) is 4.98 Å². The maximum Gasteiger partial charge on any atom is 0.128 e. The Morgan fingerprint density at radius 3 is 2.24 bits per heavy atom. The number of aromatic nitrogens is 1. The molecular formula is C15H18FN. The highest BCUT2D eigenvalue weighted by Crippen LogP contribution is 2.29. The molecular weight excluding hydrogens is 213 g/mol. The van der Waals surface area contributed by atoms with Gasteiger partial charge in [-0.15, -0.1) is 0 Å². The van der Waals surface area contributed by atoms with Crippen LogP contribution in [0.15, 0.2) is 24.4 Å². The van der Waals surface area contributed by atoms with Crippen LogP contribution in [0.2, 0.25) is 0 Å². The second-order valence-electron chi connectivity index (χ2n) is 5.10. The predicted molar refractivity (Wildman–Crippen MR) is 69.9 cm³/mol. The van der Waals surface area contributed by atoms with Gasteiger partial charge in [0.2, 0.25) is 0 Å². The molecule has 0 bridgehead atoms. The van der Waals surface area contributed by atoms with Crippen molar-refractivity contribution in [3.8, 4) is 0 Å². The quantitative estimate of drug-likeness (QED) is 0.734. The molecule has 0 aliphatic rings. The Labute approximate surface area is 102 Å². The van der Waals surface area contributed by atoms with Crippen LogP contribution in [-0.2, 0) is 0 Å². The van der Waals surface area contributed by atoms with Crippen molar-refractivity contribution in [3.05, 3.63) is 41.3 Å². The number of rotatable bonds is 2. The molecule has 0 atom stereocenters. The Hall–Kier alpha value is -1.44. The van der Waals surface area contributed by atoms with Gasteiger partial charge in [-0.25, -0.2) is 4.39 Å². The van der Waals surface area contributed by atoms with Crippen molar-refractivity contribution >= 4 is 10.9 Å². The van der Waals surface area contributed by atoms with E-state index in [1.807, 2.05) is 26.0 Å². The van der Waals surface area contributed by atoms with E-state index in [1.165, 1.54) is 5.56 Å². The van der Waals surface area contributed by atoms with Crippen LogP contribution in [0.5, 0.6) is 0 Å². The van der Waals surface area contributed by atoms with Crippen LogP contribution >= 0.6 is 0 Å². The van der Waals surface area contributed by atoms with Crippen LogP contribution in [0.1, 0.15) is 50.7 Å². The molecule has 0 unspecified atom stereocenters. The topological polar surface area (TPSA) is 12.9 Å². The Bertz CT molecular complexity index is 544. The number of hydrogen-bond donors (Lipinski definition) is 0. The minimum absolute atomic E-state index is 0.152. The summed E-state index contributed by atoms with van der Waals surface area (Å²) in [6.45, 7) is 8.31. The number of benzene rings is 1. The molecule has 1 nitrogen and oxygen atoms in total. The number of nitrogens with zero attached hydrogens (tertiary/aromatic N) is 1. The molecule has 1 aromatic carbocycles. The van der Waals surface area contributed by atoms with Gasteiger partial charge in [0.15, 0.2) is 0 Å². The van der Waals surface area contributed by atoms with Crippen LogP contribution in [0.25, 0.3) is 10.9 Å². The summed E-state index contributed by atoms with van der Waals surface area (Å²) in [5.74, 6) is 0.464. The van der Waals surface area contributed by atoms with Crippen molar-refractivity contribution in [2.75, 3.05) is 0 Å². The number of fused-ring (bicyclic) bond motifs is 1. The summed E-state index contributed by atoms with van der Waals surface area (Å²) in [6, 6.07) is 5.53. The fourth-order valence-corrected chi connectivity index (χ4v) is 2.15. The van der Waals surface area contributed by atoms with E-state index in [0.29, 0.717) is 5.92 Å². The summed E-state index contributed by atoms with van der Waals surface area (Å²) in [5, 5.41) is 1.08. The molecule has 0 radical (unpaired) electrons. The van der Waals surface area contributed by atoms with Gasteiger partial charge in [0.25, 0.3) is 0 Å². The van der Waals surface area contributed by atoms with Gasteiger partial charge in [0, 0.05) is 17.6 Å². The largest absolute Gasteiger partial charge is 0.256 e. The Balaban J connectivity index is 2.76. The average Bonchev–Trinajstić information content (AvgIpc) is 2.26. The molecule has 17 heavy (non-hydrogen) atoms. The third kappa shape index (κ3) is 2.17. The first-order chi connectivity index (χ1) is 8.00. The average molecular weight is 231 g/mol. The Morgan fingerprint density at radius 2 is 1.65 bits per heavy atom. The minimum atomic E-state index is -0.152. The molecule has 0 aliphatic carbocycles. The highest BCUT2D eigenvalue weighted by atomic mass is 19.1. The van der Waals surface area contributed by atoms with E-state index < -0.39 is 0 Å². The number of hydrogen-bond acceptors (Lipinski definition) is 1. The lowest BCUT2D eigenvalue weighted by Gasteiger charge is -2.13. The Morgan fingerprint density at radius 1 is 1.00 bits per heavy atom. The van der Waals surface area contributed by atoms with Crippen molar-refractivity contribution < 1.29 is 4.39 Å². The standard InChI is InChI=1S/C15H18FN/c1-9(2)11-5-6-17-15-8-14(16)12(10(3)4)7-13(11)15/h5-10H,1-4H3. The first kappa shape index (κ1) is 12.0. The SMILES string of the molecule is CC(C)c1cc2c(C(C)C)ccnc2cc1F. The summed E-state index contributed by atoms with van der Waals surface area (Å²) < 4.78 is 13.9. The minimum Gasteiger partial charge on any atom is -0.256 e. The maximum absolute atomic E-state index is 13.9. The molecule has 0 saturated heterocycles. The summed E-state index contributed by atoms with van der Waals surface area (Å²) in [5.41, 5.74) is 2.75. The van der Waals surface area contributed by atoms with Crippen LogP contribution in [-0.4, -0.2) is 4.98 Å². The third-order valence-corrected chi connectivity index (χ3v) is 3.14. The summed E-state index contributed by atoms with van der Waals surface area (Å²) in [7, 11) is 0. The lowest BCUT2D eigenvalue weighted by atomic mass is 9.94. The van der Waals surface area contributed by atoms with E-state index in [2.05, 4.69) is 18.8 Å². The third-order valence-electron chi connectivity index (χ3n) is 3.14. The fraction of sp³-hybridized carbons (Fsp3) is 0.400. The van der Waals surface area contributed by atoms with Crippen LogP contribution in [0.4, 0.5) is 4.39 Å². The fourth-order valence-electron chi connectivity index (χ4n) is 2.15. The van der Waals surface area contributed by atoms with Crippen molar-refractivity contribution in [2.24, 2.45) is 0 Å². The van der Waals surface area contributed by atoms with Gasteiger partial charge < -0.3 is 0 Å². The van der Waals surface area contributed by atoms with E-state index in [-0.39, 0.29) is 11.7 Å². The molecule has 1 aromatic heterocycles. The lowest BCUT2D eigenvalue weighted by molar-refractivity contribution is 0.600. The zero-order chi connectivity index (χ0) is 12.6. The summed E-state index contributed by atoms with van der Waals surface area (Å²) in [6.07, 6.45) is 1.76. The van der Waals surface area contributed by atoms with Crippen LogP contribution in [0.3, 0.4) is 0 Å². The van der Waals surface area contributed by atoms with E-state index in [9.17, 15) is 4.39 Å². The van der Waals surface area contributed by atoms with Crippen molar-refractivity contribution in [1.82, 2.24) is 4.98 Å². The molecule has 0 saturated carbocycles. The highest BCUT2D eigenvalue weighted by Gasteiger charge is 2.12. The normalized spacial score (nSPS) is 11.7. The van der Waals surface area contributed by atoms with Gasteiger partial charge in [0.05, 0.1) is 5.52 Å². The van der Waals surface area contributed by atoms with Crippen molar-refractivity contribution in [3.63, 3.8) is 0 Å². The highest BCUT2D eigenvalue weighted by molar-refractivity contribution is 5.83. The zero-order valence-corrected chi connectivity index (χ0v) is 10.8. The van der Waals surface area contributed by atoms with E-state index in [0.717, 1.165) is 16.5 Å². The summed E-state index contributed by atoms with van der Waals surface area (Å²) >= 11 is 0. The van der Waals surface area contributed by atoms with Gasteiger partial charge in [0.1, 0.15) is 5.82 Å². The van der Waals surface area contributed by atoms with E-state index in [4.69, 9.17) is 0 Å². The lowest BCUT2D eigenvalue weighted by Crippen LogP contribution is -1.97. The number of halogens is 1. The van der Waals surface area contributed by atoms with Crippen LogP contribution in [0, 0.1) is 5.82 Å². The first-order valence-electron chi connectivity index (χ1n) is 6.08. The number of pyridine rings is 1. The second-order valence-corrected chi connectivity index (χ2v) is 5.10. The smallest absolute Gasteiger partial charge is 0.128 e. The van der Waals surface area contributed by atoms with Gasteiger partial charge in [-0.2, -0.15) is 0 Å². The molecule has 0 aliphatic heterocycles. The molecule has 2 rings (SSSR count). The van der Waals surface area contributed by atoms with Crippen LogP contribution < -0.4 is 0 Å². The molecule has 90 valence electrons. The van der Waals surface area contributed by atoms with E-state index >= 15 is 0 Å². The summed E-state index contributed by atoms with van der Waals surface area (Å²) in [4.78, 5) is 4.25. The Kier molecular flexibility index (Phi) is 3.14. The monoisotopic (exact) mass is 231 g/mol. The predicted octanol–water partition coefficient (Wildman–Crippen LogP) is 4.62. The van der Waals surface area contributed by atoms with Gasteiger partial charge >= 0.3 is 0 Å². The molecule has 2 aromatic rings. The van der Waals surface area contributed by atoms with Gasteiger partial charge in [-0.1, -0.05) is 27.7 Å². The van der Waals surface area contributed by atoms with Crippen molar-refractivity contribution in [2.45, 2.75) is 39.5 Å². The maximum atomic E-state index is 13.9. The zero-order valence-electron chi connectivity index (χ0n) is 10.8. The first-order valence-corrected chi connectivity index (χ1v) is 6.08. The molecule has 1 heterocycles.